The van der Waals surface area contributed by atoms with Gasteiger partial charge >= 0.3 is 0 Å². The van der Waals surface area contributed by atoms with E-state index in [-0.39, 0.29) is 55.6 Å². The number of aliphatic hydroxyl groups is 1. The average molecular weight is 630 g/mol. The molecule has 0 saturated carbocycles. The maximum Gasteiger partial charge on any atom is 0.248 e. The molecule has 0 amide bonds. The van der Waals surface area contributed by atoms with Crippen LogP contribution in [0.25, 0.3) is 0 Å². The third kappa shape index (κ3) is 9.29. The molecule has 0 bridgehead atoms. The van der Waals surface area contributed by atoms with E-state index < -0.39 is 59.3 Å². The van der Waals surface area contributed by atoms with Gasteiger partial charge in [-0.15, -0.1) is 0 Å². The summed E-state index contributed by atoms with van der Waals surface area (Å²) < 4.78 is 45.7. The summed E-state index contributed by atoms with van der Waals surface area (Å²) in [4.78, 5) is 40.8. The molecule has 14 unspecified atom stereocenters. The van der Waals surface area contributed by atoms with Gasteiger partial charge in [-0.1, -0.05) is 20.8 Å². The number of aliphatic hydroxyl groups excluding tert-OH is 1. The van der Waals surface area contributed by atoms with Crippen molar-refractivity contribution in [2.75, 3.05) is 19.8 Å². The quantitative estimate of drug-likeness (QED) is 0.109. The SMILES string of the molecule is BC1OC(COP(=C)(O)OC2C(COP(=C)(O)OC3C(COP(=C)(O)O)OC(B)C3C)OC(B)C2C)C(O)C1C. The van der Waals surface area contributed by atoms with Gasteiger partial charge in [-0.3, -0.25) is 0 Å². The predicted octanol–water partition coefficient (Wildman–Crippen LogP) is -2.30. The molecule has 3 rings (SSSR count). The molecule has 0 aromatic carbocycles. The monoisotopic (exact) mass is 630 g/mol. The van der Waals surface area contributed by atoms with E-state index in [2.05, 4.69) is 18.9 Å². The third-order valence-corrected chi connectivity index (χ3v) is 10.8. The Balaban J connectivity index is 1.58. The van der Waals surface area contributed by atoms with Crippen LogP contribution < -0.4 is 0 Å². The molecule has 5 N–H and O–H groups in total. The van der Waals surface area contributed by atoms with Gasteiger partial charge in [0.25, 0.3) is 0 Å². The second-order valence-electron chi connectivity index (χ2n) is 11.2. The molecule has 0 radical (unpaired) electrons. The van der Waals surface area contributed by atoms with E-state index in [1.807, 2.05) is 44.3 Å². The van der Waals surface area contributed by atoms with Crippen LogP contribution in [0.15, 0.2) is 0 Å². The Morgan fingerprint density at radius 3 is 1.35 bits per heavy atom. The lowest BCUT2D eigenvalue weighted by Gasteiger charge is -2.31. The van der Waals surface area contributed by atoms with E-state index in [0.29, 0.717) is 0 Å². The Labute approximate surface area is 239 Å². The van der Waals surface area contributed by atoms with Crippen molar-refractivity contribution in [2.24, 2.45) is 17.8 Å². The lowest BCUT2D eigenvalue weighted by Crippen LogP contribution is -2.34. The summed E-state index contributed by atoms with van der Waals surface area (Å²) in [5, 5.41) is 10.3. The smallest absolute Gasteiger partial charge is 0.248 e. The van der Waals surface area contributed by atoms with Gasteiger partial charge in [0.2, 0.25) is 22.7 Å². The zero-order valence-electron chi connectivity index (χ0n) is 24.0. The number of ether oxygens (including phenoxy) is 3. The Kier molecular flexibility index (Phi) is 12.0. The molecule has 3 saturated heterocycles. The van der Waals surface area contributed by atoms with Crippen molar-refractivity contribution in [3.05, 3.63) is 0 Å². The summed E-state index contributed by atoms with van der Waals surface area (Å²) >= 11 is 0. The van der Waals surface area contributed by atoms with E-state index in [1.54, 1.807) is 0 Å². The largest absolute Gasteiger partial charge is 0.390 e. The van der Waals surface area contributed by atoms with E-state index in [0.717, 1.165) is 0 Å². The predicted molar refractivity (Wildman–Crippen MR) is 164 cm³/mol. The fourth-order valence-electron chi connectivity index (χ4n) is 5.01. The van der Waals surface area contributed by atoms with Crippen molar-refractivity contribution in [1.82, 2.24) is 0 Å². The summed E-state index contributed by atoms with van der Waals surface area (Å²) in [5.74, 6) is -0.434. The highest BCUT2D eigenvalue weighted by Crippen LogP contribution is 2.51. The van der Waals surface area contributed by atoms with Crippen LogP contribution in [0.2, 0.25) is 0 Å². The summed E-state index contributed by atoms with van der Waals surface area (Å²) in [5.41, 5.74) is 0. The van der Waals surface area contributed by atoms with Crippen molar-refractivity contribution < 1.29 is 61.5 Å². The molecule has 19 heteroatoms. The van der Waals surface area contributed by atoms with Crippen molar-refractivity contribution in [1.29, 1.82) is 0 Å². The fourth-order valence-corrected chi connectivity index (χ4v) is 7.69. The van der Waals surface area contributed by atoms with Gasteiger partial charge in [0.05, 0.1) is 38.1 Å². The average Bonchev–Trinajstić information content (AvgIpc) is 3.36. The molecule has 0 spiro atoms. The van der Waals surface area contributed by atoms with E-state index in [9.17, 15) is 24.7 Å². The van der Waals surface area contributed by atoms with E-state index >= 15 is 0 Å². The molecule has 3 heterocycles. The minimum Gasteiger partial charge on any atom is -0.390 e. The van der Waals surface area contributed by atoms with Gasteiger partial charge < -0.3 is 61.5 Å². The normalized spacial score (nSPS) is 43.5. The lowest BCUT2D eigenvalue weighted by atomic mass is 9.86. The van der Waals surface area contributed by atoms with Crippen LogP contribution in [0.4, 0.5) is 0 Å². The minimum absolute atomic E-state index is 0.0730. The maximum absolute atomic E-state index is 11.0. The first kappa shape index (κ1) is 35.1. The summed E-state index contributed by atoms with van der Waals surface area (Å²) in [6.45, 7) is 5.18. The first-order chi connectivity index (χ1) is 18.3. The second-order valence-corrected chi connectivity index (χ2v) is 16.2. The maximum atomic E-state index is 11.0. The summed E-state index contributed by atoms with van der Waals surface area (Å²) in [7, 11) is -5.46. The first-order valence-corrected chi connectivity index (χ1v) is 18.7. The van der Waals surface area contributed by atoms with Crippen LogP contribution >= 0.6 is 22.7 Å². The van der Waals surface area contributed by atoms with Gasteiger partial charge in [-0.25, -0.2) is 0 Å². The van der Waals surface area contributed by atoms with Gasteiger partial charge in [-0.2, -0.15) is 0 Å². The highest BCUT2D eigenvalue weighted by atomic mass is 31.2. The Morgan fingerprint density at radius 2 is 0.975 bits per heavy atom. The third-order valence-electron chi connectivity index (χ3n) is 7.98. The Morgan fingerprint density at radius 1 is 0.625 bits per heavy atom. The summed E-state index contributed by atoms with van der Waals surface area (Å²) in [6.07, 6.45) is 6.50. The van der Waals surface area contributed by atoms with Crippen LogP contribution in [-0.4, -0.2) is 142 Å². The van der Waals surface area contributed by atoms with Crippen LogP contribution in [0.5, 0.6) is 0 Å². The van der Waals surface area contributed by atoms with E-state index in [1.165, 1.54) is 0 Å². The molecule has 0 aliphatic carbocycles. The molecular formula is C21H44B3O13P3. The van der Waals surface area contributed by atoms with Crippen molar-refractivity contribution in [3.8, 4) is 0 Å². The molecular weight excluding hydrogens is 586 g/mol. The summed E-state index contributed by atoms with van der Waals surface area (Å²) in [6, 6.07) is -0.662. The lowest BCUT2D eigenvalue weighted by molar-refractivity contribution is -0.0229. The molecule has 0 aromatic rings. The number of hydrogen-bond donors (Lipinski definition) is 5. The fraction of sp³-hybridized carbons (Fsp3) is 0.857. The van der Waals surface area contributed by atoms with Crippen LogP contribution in [-0.2, 0) is 36.8 Å². The molecule has 14 atom stereocenters. The molecule has 3 fully saturated rings. The molecule has 3 aliphatic heterocycles. The zero-order chi connectivity index (χ0) is 30.2. The van der Waals surface area contributed by atoms with Crippen LogP contribution in [0, 0.1) is 17.8 Å². The number of hydrogen-bond acceptors (Lipinski definition) is 13. The molecule has 3 aliphatic rings. The van der Waals surface area contributed by atoms with Crippen LogP contribution in [0.1, 0.15) is 20.8 Å². The van der Waals surface area contributed by atoms with Crippen molar-refractivity contribution >= 4 is 65.1 Å². The number of rotatable bonds is 13. The zero-order valence-corrected chi connectivity index (χ0v) is 26.7. The highest BCUT2D eigenvalue weighted by molar-refractivity contribution is 7.59. The van der Waals surface area contributed by atoms with Crippen molar-refractivity contribution in [2.45, 2.75) is 75.4 Å². The Bertz CT molecular complexity index is 1000. The highest BCUT2D eigenvalue weighted by Gasteiger charge is 2.46. The van der Waals surface area contributed by atoms with Crippen LogP contribution in [0.3, 0.4) is 0 Å². The second kappa shape index (κ2) is 13.7. The standard InChI is InChI=1S/C21H44B3O13P3/c1-10-16(25)13(33-19(10)22)7-31-39(5,28)37-18-12(3)21(24)35-15(18)9-32-40(6,29)36-17-11(2)20(23)34-14(17)8-30-38(4,26)27/h10-21,25-29H,4-9,22-24H2,1-3H3. The van der Waals surface area contributed by atoms with Gasteiger partial charge in [0, 0.05) is 35.8 Å². The van der Waals surface area contributed by atoms with Crippen molar-refractivity contribution in [3.63, 3.8) is 0 Å². The minimum atomic E-state index is -3.74. The Hall–Kier alpha value is 0.575. The van der Waals surface area contributed by atoms with Gasteiger partial charge in [0.1, 0.15) is 41.9 Å². The van der Waals surface area contributed by atoms with E-state index in [4.69, 9.17) is 36.8 Å². The molecule has 13 nitrogen and oxygen atoms in total. The molecule has 40 heavy (non-hydrogen) atoms. The van der Waals surface area contributed by atoms with Gasteiger partial charge in [0.15, 0.2) is 0 Å². The first-order valence-electron chi connectivity index (χ1n) is 13.4. The molecule has 0 aromatic heterocycles. The topological polar surface area (TPSA) is 175 Å². The van der Waals surface area contributed by atoms with Gasteiger partial charge in [-0.05, 0) is 18.9 Å². The molecule has 230 valence electrons.